The van der Waals surface area contributed by atoms with Crippen molar-refractivity contribution in [2.24, 2.45) is 0 Å². The molecule has 1 heterocycles. The maximum Gasteiger partial charge on any atom is 0.216 e. The Kier molecular flexibility index (Phi) is 2.96. The minimum Gasteiger partial charge on any atom is -0.618 e. The Morgan fingerprint density at radius 3 is 2.69 bits per heavy atom. The molecule has 2 nitrogen and oxygen atoms in total. The number of rotatable bonds is 2. The van der Waals surface area contributed by atoms with Crippen LogP contribution in [0.3, 0.4) is 0 Å². The van der Waals surface area contributed by atoms with Crippen molar-refractivity contribution in [3.63, 3.8) is 0 Å². The van der Waals surface area contributed by atoms with E-state index in [-0.39, 0.29) is 5.82 Å². The van der Waals surface area contributed by atoms with Crippen molar-refractivity contribution in [1.29, 1.82) is 0 Å². The van der Waals surface area contributed by atoms with Gasteiger partial charge in [-0.15, -0.1) is 0 Å². The smallest absolute Gasteiger partial charge is 0.216 e. The predicted molar refractivity (Wildman–Crippen MR) is 60.7 cm³/mol. The van der Waals surface area contributed by atoms with E-state index in [4.69, 9.17) is 0 Å². The van der Waals surface area contributed by atoms with Gasteiger partial charge < -0.3 is 5.21 Å². The number of benzene rings is 1. The number of hydrogen-bond donors (Lipinski definition) is 0. The molecule has 0 N–H and O–H groups in total. The summed E-state index contributed by atoms with van der Waals surface area (Å²) in [7, 11) is 0. The Morgan fingerprint density at radius 2 is 1.94 bits per heavy atom. The van der Waals surface area contributed by atoms with Crippen LogP contribution < -0.4 is 4.73 Å². The molecule has 0 amide bonds. The molecule has 80 valence electrons. The first kappa shape index (κ1) is 10.4. The lowest BCUT2D eigenvalue weighted by Gasteiger charge is -1.98. The maximum absolute atomic E-state index is 12.9. The van der Waals surface area contributed by atoms with E-state index in [2.05, 4.69) is 0 Å². The fourth-order valence-electron chi connectivity index (χ4n) is 1.36. The molecule has 1 aromatic heterocycles. The number of nitrogens with zero attached hydrogens (tertiary/aromatic N) is 1. The zero-order chi connectivity index (χ0) is 11.4. The highest BCUT2D eigenvalue weighted by molar-refractivity contribution is 5.66. The molecule has 3 heteroatoms. The minimum absolute atomic E-state index is 0.287. The van der Waals surface area contributed by atoms with E-state index in [0.29, 0.717) is 5.69 Å². The van der Waals surface area contributed by atoms with E-state index < -0.39 is 0 Å². The van der Waals surface area contributed by atoms with Gasteiger partial charge in [0.25, 0.3) is 0 Å². The van der Waals surface area contributed by atoms with E-state index in [1.165, 1.54) is 18.3 Å². The molecule has 0 radical (unpaired) electrons. The summed E-state index contributed by atoms with van der Waals surface area (Å²) in [5.41, 5.74) is 1.25. The minimum atomic E-state index is -0.287. The quantitative estimate of drug-likeness (QED) is 0.558. The molecule has 0 spiro atoms. The Hall–Kier alpha value is -2.16. The molecule has 2 rings (SSSR count). The Morgan fingerprint density at radius 1 is 1.06 bits per heavy atom. The second-order valence-electron chi connectivity index (χ2n) is 3.34. The number of aromatic nitrogens is 1. The van der Waals surface area contributed by atoms with Crippen LogP contribution in [0, 0.1) is 11.0 Å². The third-order valence-electron chi connectivity index (χ3n) is 2.15. The summed E-state index contributed by atoms with van der Waals surface area (Å²) in [5.74, 6) is -0.287. The second-order valence-corrected chi connectivity index (χ2v) is 3.34. The largest absolute Gasteiger partial charge is 0.618 e. The molecule has 0 fully saturated rings. The number of halogens is 1. The maximum atomic E-state index is 12.9. The van der Waals surface area contributed by atoms with Gasteiger partial charge in [0.05, 0.1) is 0 Å². The molecule has 2 aromatic rings. The molecule has 0 saturated carbocycles. The summed E-state index contributed by atoms with van der Waals surface area (Å²) in [6.45, 7) is 0. The second kappa shape index (κ2) is 4.57. The average molecular weight is 215 g/mol. The van der Waals surface area contributed by atoms with Gasteiger partial charge in [0.2, 0.25) is 5.69 Å². The van der Waals surface area contributed by atoms with E-state index in [1.807, 2.05) is 0 Å². The molecular weight excluding hydrogens is 205 g/mol. The Balaban J connectivity index is 2.25. The van der Waals surface area contributed by atoms with Crippen LogP contribution in [0.5, 0.6) is 0 Å². The summed E-state index contributed by atoms with van der Waals surface area (Å²) < 4.78 is 13.6. The lowest BCUT2D eigenvalue weighted by Crippen LogP contribution is -2.28. The third-order valence-corrected chi connectivity index (χ3v) is 2.15. The van der Waals surface area contributed by atoms with Crippen LogP contribution in [-0.2, 0) is 0 Å². The van der Waals surface area contributed by atoms with Gasteiger partial charge in [-0.1, -0.05) is 12.1 Å². The molecule has 0 aliphatic heterocycles. The molecular formula is C13H10FNO. The Bertz CT molecular complexity index is 523. The topological polar surface area (TPSA) is 26.9 Å². The van der Waals surface area contributed by atoms with Crippen molar-refractivity contribution in [2.75, 3.05) is 0 Å². The third kappa shape index (κ3) is 2.45. The summed E-state index contributed by atoms with van der Waals surface area (Å²) in [5, 5.41) is 11.3. The van der Waals surface area contributed by atoms with Crippen LogP contribution in [0.15, 0.2) is 48.7 Å². The summed E-state index contributed by atoms with van der Waals surface area (Å²) >= 11 is 0. The predicted octanol–water partition coefficient (Wildman–Crippen LogP) is 2.63. The number of hydrogen-bond acceptors (Lipinski definition) is 1. The van der Waals surface area contributed by atoms with E-state index in [1.54, 1.807) is 42.5 Å². The number of pyridine rings is 1. The first-order valence-corrected chi connectivity index (χ1v) is 4.87. The molecule has 16 heavy (non-hydrogen) atoms. The standard InChI is InChI=1S/C13H10FNO/c14-12-5-3-4-11(10-12)7-8-13-6-1-2-9-15(13)16/h1-10H/b8-7+. The van der Waals surface area contributed by atoms with Crippen molar-refractivity contribution in [3.05, 3.63) is 70.9 Å². The normalized spacial score (nSPS) is 10.8. The first-order valence-electron chi connectivity index (χ1n) is 4.87. The zero-order valence-corrected chi connectivity index (χ0v) is 8.51. The van der Waals surface area contributed by atoms with Gasteiger partial charge >= 0.3 is 0 Å². The van der Waals surface area contributed by atoms with Crippen molar-refractivity contribution in [2.45, 2.75) is 0 Å². The molecule has 0 aliphatic carbocycles. The van der Waals surface area contributed by atoms with Crippen LogP contribution in [0.2, 0.25) is 0 Å². The van der Waals surface area contributed by atoms with Gasteiger partial charge in [-0.05, 0) is 29.8 Å². The lowest BCUT2D eigenvalue weighted by molar-refractivity contribution is -0.607. The fourth-order valence-corrected chi connectivity index (χ4v) is 1.36. The van der Waals surface area contributed by atoms with Crippen molar-refractivity contribution < 1.29 is 9.12 Å². The van der Waals surface area contributed by atoms with Crippen LogP contribution >= 0.6 is 0 Å². The molecule has 0 atom stereocenters. The highest BCUT2D eigenvalue weighted by atomic mass is 19.1. The van der Waals surface area contributed by atoms with E-state index in [0.717, 1.165) is 10.3 Å². The van der Waals surface area contributed by atoms with E-state index in [9.17, 15) is 9.60 Å². The van der Waals surface area contributed by atoms with Crippen LogP contribution in [-0.4, -0.2) is 0 Å². The fraction of sp³-hybridized carbons (Fsp3) is 0. The molecule has 0 aliphatic rings. The van der Waals surface area contributed by atoms with Gasteiger partial charge in [-0.25, -0.2) is 4.39 Å². The molecule has 0 bridgehead atoms. The van der Waals surface area contributed by atoms with Crippen molar-refractivity contribution in [1.82, 2.24) is 0 Å². The van der Waals surface area contributed by atoms with Gasteiger partial charge in [0, 0.05) is 18.2 Å². The van der Waals surface area contributed by atoms with Gasteiger partial charge in [0.15, 0.2) is 6.20 Å². The van der Waals surface area contributed by atoms with Crippen molar-refractivity contribution in [3.8, 4) is 0 Å². The van der Waals surface area contributed by atoms with E-state index >= 15 is 0 Å². The lowest BCUT2D eigenvalue weighted by atomic mass is 10.2. The van der Waals surface area contributed by atoms with Crippen LogP contribution in [0.25, 0.3) is 12.2 Å². The molecule has 0 saturated heterocycles. The summed E-state index contributed by atoms with van der Waals surface area (Å²) in [6, 6.07) is 11.3. The summed E-state index contributed by atoms with van der Waals surface area (Å²) in [4.78, 5) is 0. The molecule has 0 unspecified atom stereocenters. The van der Waals surface area contributed by atoms with Gasteiger partial charge in [-0.3, -0.25) is 0 Å². The monoisotopic (exact) mass is 215 g/mol. The Labute approximate surface area is 92.9 Å². The van der Waals surface area contributed by atoms with Crippen LogP contribution in [0.1, 0.15) is 11.3 Å². The summed E-state index contributed by atoms with van der Waals surface area (Å²) in [6.07, 6.45) is 4.78. The SMILES string of the molecule is [O-][n+]1ccccc1/C=C/c1cccc(F)c1. The van der Waals surface area contributed by atoms with Crippen molar-refractivity contribution >= 4 is 12.2 Å². The van der Waals surface area contributed by atoms with Gasteiger partial charge in [-0.2, -0.15) is 4.73 Å². The van der Waals surface area contributed by atoms with Gasteiger partial charge in [0.1, 0.15) is 5.82 Å². The van der Waals surface area contributed by atoms with Crippen LogP contribution in [0.4, 0.5) is 4.39 Å². The first-order chi connectivity index (χ1) is 7.75. The highest BCUT2D eigenvalue weighted by Crippen LogP contribution is 2.07. The molecule has 1 aromatic carbocycles. The highest BCUT2D eigenvalue weighted by Gasteiger charge is 1.97. The average Bonchev–Trinajstić information content (AvgIpc) is 2.28. The zero-order valence-electron chi connectivity index (χ0n) is 8.51.